The molecule has 2 amide bonds. The van der Waals surface area contributed by atoms with Gasteiger partial charge in [-0.15, -0.1) is 0 Å². The van der Waals surface area contributed by atoms with Crippen LogP contribution in [0.3, 0.4) is 0 Å². The molecule has 2 aromatic carbocycles. The summed E-state index contributed by atoms with van der Waals surface area (Å²) in [6.07, 6.45) is 1.33. The van der Waals surface area contributed by atoms with Crippen LogP contribution < -0.4 is 16.2 Å². The molecule has 3 N–H and O–H groups in total. The largest absolute Gasteiger partial charge is 0.466 e. The summed E-state index contributed by atoms with van der Waals surface area (Å²) in [5.41, 5.74) is 6.06. The van der Waals surface area contributed by atoms with Gasteiger partial charge in [-0.1, -0.05) is 53.5 Å². The molecular formula is C21H21Cl2N3O4S. The maximum atomic E-state index is 12.1. The van der Waals surface area contributed by atoms with E-state index in [0.717, 1.165) is 6.42 Å². The number of carbonyl (C=O) groups is 3. The summed E-state index contributed by atoms with van der Waals surface area (Å²) in [6, 6.07) is 14.3. The number of carbonyl (C=O) groups excluding carboxylic acids is 3. The monoisotopic (exact) mass is 481 g/mol. The number of halogens is 2. The first-order valence-corrected chi connectivity index (χ1v) is 10.6. The Morgan fingerprint density at radius 2 is 1.71 bits per heavy atom. The van der Waals surface area contributed by atoms with Crippen molar-refractivity contribution < 1.29 is 19.1 Å². The van der Waals surface area contributed by atoms with E-state index in [4.69, 9.17) is 40.2 Å². The molecule has 0 aliphatic carbocycles. The molecule has 7 nitrogen and oxygen atoms in total. The maximum absolute atomic E-state index is 12.1. The van der Waals surface area contributed by atoms with Gasteiger partial charge in [-0.05, 0) is 48.8 Å². The zero-order valence-corrected chi connectivity index (χ0v) is 18.8. The molecule has 0 radical (unpaired) electrons. The third kappa shape index (κ3) is 9.33. The molecule has 0 atom stereocenters. The second-order valence-corrected chi connectivity index (χ2v) is 7.64. The predicted molar refractivity (Wildman–Crippen MR) is 123 cm³/mol. The van der Waals surface area contributed by atoms with Crippen molar-refractivity contribution in [1.29, 1.82) is 0 Å². The van der Waals surface area contributed by atoms with Gasteiger partial charge in [0, 0.05) is 11.4 Å². The molecule has 0 heterocycles. The van der Waals surface area contributed by atoms with Gasteiger partial charge < -0.3 is 10.1 Å². The number of benzene rings is 2. The van der Waals surface area contributed by atoms with Gasteiger partial charge in [0.25, 0.3) is 5.91 Å². The predicted octanol–water partition coefficient (Wildman–Crippen LogP) is 3.59. The standard InChI is InChI=1S/C21H21Cl2N3O4S/c22-15-8-9-16(17(23)13-15)20(29)25-26-21(31)24-18(27)10-11-19(28)30-12-4-7-14-5-2-1-3-6-14/h1-3,5-6,8-9,13H,4,7,10-12H2,(H,25,29)(H2,24,26,27,31). The number of nitrogens with one attached hydrogen (secondary N) is 3. The lowest BCUT2D eigenvalue weighted by molar-refractivity contribution is -0.145. The van der Waals surface area contributed by atoms with Gasteiger partial charge in [-0.2, -0.15) is 0 Å². The minimum absolute atomic E-state index is 0.0769. The van der Waals surface area contributed by atoms with Crippen molar-refractivity contribution >= 4 is 58.3 Å². The van der Waals surface area contributed by atoms with Crippen LogP contribution in [0.4, 0.5) is 0 Å². The van der Waals surface area contributed by atoms with Gasteiger partial charge in [0.1, 0.15) is 0 Å². The maximum Gasteiger partial charge on any atom is 0.306 e. The van der Waals surface area contributed by atoms with Crippen LogP contribution in [0.15, 0.2) is 48.5 Å². The van der Waals surface area contributed by atoms with Crippen molar-refractivity contribution in [1.82, 2.24) is 16.2 Å². The van der Waals surface area contributed by atoms with Crippen LogP contribution in [-0.2, 0) is 20.7 Å². The minimum atomic E-state index is -0.558. The number of hydrazine groups is 1. The van der Waals surface area contributed by atoms with Crippen molar-refractivity contribution in [2.45, 2.75) is 25.7 Å². The number of esters is 1. The Hall–Kier alpha value is -2.68. The first-order chi connectivity index (χ1) is 14.8. The number of rotatable bonds is 8. The lowest BCUT2D eigenvalue weighted by Crippen LogP contribution is -2.48. The Labute approximate surface area is 195 Å². The summed E-state index contributed by atoms with van der Waals surface area (Å²) in [5, 5.41) is 2.80. The van der Waals surface area contributed by atoms with E-state index in [9.17, 15) is 14.4 Å². The molecule has 0 aromatic heterocycles. The average Bonchev–Trinajstić information content (AvgIpc) is 2.74. The van der Waals surface area contributed by atoms with Crippen LogP contribution in [0.5, 0.6) is 0 Å². The summed E-state index contributed by atoms with van der Waals surface area (Å²) >= 11 is 16.7. The summed E-state index contributed by atoms with van der Waals surface area (Å²) in [4.78, 5) is 35.7. The number of hydrogen-bond acceptors (Lipinski definition) is 5. The highest BCUT2D eigenvalue weighted by molar-refractivity contribution is 7.80. The second kappa shape index (κ2) is 12.9. The Balaban J connectivity index is 1.60. The van der Waals surface area contributed by atoms with Gasteiger partial charge in [0.15, 0.2) is 5.11 Å². The number of aryl methyl sites for hydroxylation is 1. The molecule has 0 aliphatic heterocycles. The summed E-state index contributed by atoms with van der Waals surface area (Å²) in [5.74, 6) is -1.51. The van der Waals surface area contributed by atoms with Crippen LogP contribution in [0.1, 0.15) is 35.2 Å². The fourth-order valence-electron chi connectivity index (χ4n) is 2.47. The zero-order chi connectivity index (χ0) is 22.6. The Morgan fingerprint density at radius 3 is 2.42 bits per heavy atom. The van der Waals surface area contributed by atoms with E-state index in [0.29, 0.717) is 11.4 Å². The van der Waals surface area contributed by atoms with Crippen LogP contribution in [0, 0.1) is 0 Å². The van der Waals surface area contributed by atoms with Gasteiger partial charge in [0.05, 0.1) is 23.6 Å². The van der Waals surface area contributed by atoms with Crippen LogP contribution in [-0.4, -0.2) is 29.5 Å². The number of thiocarbonyl (C=S) groups is 1. The Morgan fingerprint density at radius 1 is 0.968 bits per heavy atom. The fraction of sp³-hybridized carbons (Fsp3) is 0.238. The third-order valence-corrected chi connectivity index (χ3v) is 4.74. The minimum Gasteiger partial charge on any atom is -0.466 e. The van der Waals surface area contributed by atoms with Crippen LogP contribution >= 0.6 is 35.4 Å². The van der Waals surface area contributed by atoms with Gasteiger partial charge in [-0.25, -0.2) is 0 Å². The highest BCUT2D eigenvalue weighted by Gasteiger charge is 2.13. The highest BCUT2D eigenvalue weighted by Crippen LogP contribution is 2.20. The molecule has 31 heavy (non-hydrogen) atoms. The molecule has 2 aromatic rings. The van der Waals surface area contributed by atoms with E-state index >= 15 is 0 Å². The molecular weight excluding hydrogens is 461 g/mol. The molecule has 0 saturated carbocycles. The van der Waals surface area contributed by atoms with Crippen LogP contribution in [0.25, 0.3) is 0 Å². The highest BCUT2D eigenvalue weighted by atomic mass is 35.5. The quantitative estimate of drug-likeness (QED) is 0.230. The number of hydrogen-bond donors (Lipinski definition) is 3. The van der Waals surface area contributed by atoms with E-state index in [-0.39, 0.29) is 35.1 Å². The van der Waals surface area contributed by atoms with Crippen molar-refractivity contribution in [3.05, 3.63) is 69.7 Å². The summed E-state index contributed by atoms with van der Waals surface area (Å²) in [6.45, 7) is 0.286. The second-order valence-electron chi connectivity index (χ2n) is 6.39. The van der Waals surface area contributed by atoms with Crippen LogP contribution in [0.2, 0.25) is 10.0 Å². The van der Waals surface area contributed by atoms with Crippen molar-refractivity contribution in [3.8, 4) is 0 Å². The number of amides is 2. The molecule has 0 aliphatic rings. The van der Waals surface area contributed by atoms with E-state index < -0.39 is 17.8 Å². The topological polar surface area (TPSA) is 96.5 Å². The molecule has 0 fully saturated rings. The van der Waals surface area contributed by atoms with E-state index in [1.165, 1.54) is 23.8 Å². The Bertz CT molecular complexity index is 941. The van der Waals surface area contributed by atoms with Crippen molar-refractivity contribution in [3.63, 3.8) is 0 Å². The average molecular weight is 482 g/mol. The third-order valence-electron chi connectivity index (χ3n) is 3.99. The molecule has 0 bridgehead atoms. The van der Waals surface area contributed by atoms with Gasteiger partial charge >= 0.3 is 5.97 Å². The fourth-order valence-corrected chi connectivity index (χ4v) is 3.13. The zero-order valence-electron chi connectivity index (χ0n) is 16.5. The van der Waals surface area contributed by atoms with Gasteiger partial charge in [-0.3, -0.25) is 25.2 Å². The number of ether oxygens (including phenoxy) is 1. The smallest absolute Gasteiger partial charge is 0.306 e. The molecule has 164 valence electrons. The molecule has 0 unspecified atom stereocenters. The lowest BCUT2D eigenvalue weighted by atomic mass is 10.1. The van der Waals surface area contributed by atoms with E-state index in [1.807, 2.05) is 30.3 Å². The normalized spacial score (nSPS) is 10.1. The molecule has 10 heteroatoms. The van der Waals surface area contributed by atoms with Crippen molar-refractivity contribution in [2.75, 3.05) is 6.61 Å². The van der Waals surface area contributed by atoms with Crippen molar-refractivity contribution in [2.24, 2.45) is 0 Å². The summed E-state index contributed by atoms with van der Waals surface area (Å²) < 4.78 is 5.12. The molecule has 0 spiro atoms. The van der Waals surface area contributed by atoms with E-state index in [2.05, 4.69) is 16.2 Å². The SMILES string of the molecule is O=C(CCC(=O)OCCCc1ccccc1)NC(=S)NNC(=O)c1ccc(Cl)cc1Cl. The summed E-state index contributed by atoms with van der Waals surface area (Å²) in [7, 11) is 0. The molecule has 0 saturated heterocycles. The van der Waals surface area contributed by atoms with E-state index in [1.54, 1.807) is 0 Å². The first kappa shape index (κ1) is 24.6. The lowest BCUT2D eigenvalue weighted by Gasteiger charge is -2.11. The Kier molecular flexibility index (Phi) is 10.2. The first-order valence-electron chi connectivity index (χ1n) is 9.40. The van der Waals surface area contributed by atoms with Gasteiger partial charge in [0.2, 0.25) is 5.91 Å². The molecule has 2 rings (SSSR count).